The van der Waals surface area contributed by atoms with E-state index in [1.807, 2.05) is 6.07 Å². The van der Waals surface area contributed by atoms with Crippen LogP contribution in [-0.2, 0) is 0 Å². The molecule has 0 spiro atoms. The fourth-order valence-corrected chi connectivity index (χ4v) is 1.16. The SMILES string of the molecule is COc1nc(-n2cnc(C#N)n2)ccc1N. The van der Waals surface area contributed by atoms with Crippen molar-refractivity contribution in [2.45, 2.75) is 0 Å². The monoisotopic (exact) mass is 216 g/mol. The van der Waals surface area contributed by atoms with Gasteiger partial charge < -0.3 is 10.5 Å². The van der Waals surface area contributed by atoms with Crippen LogP contribution in [0.4, 0.5) is 5.69 Å². The molecule has 0 aliphatic carbocycles. The first kappa shape index (κ1) is 9.92. The molecule has 0 aliphatic rings. The summed E-state index contributed by atoms with van der Waals surface area (Å²) in [5.41, 5.74) is 6.06. The molecule has 2 heterocycles. The summed E-state index contributed by atoms with van der Waals surface area (Å²) in [5.74, 6) is 0.879. The molecule has 0 saturated heterocycles. The van der Waals surface area contributed by atoms with Crippen LogP contribution in [0.1, 0.15) is 5.82 Å². The van der Waals surface area contributed by atoms with Gasteiger partial charge in [-0.05, 0) is 12.1 Å². The predicted molar refractivity (Wildman–Crippen MR) is 54.8 cm³/mol. The van der Waals surface area contributed by atoms with Crippen LogP contribution in [0.25, 0.3) is 5.82 Å². The third-order valence-electron chi connectivity index (χ3n) is 1.89. The van der Waals surface area contributed by atoms with E-state index in [1.165, 1.54) is 18.1 Å². The van der Waals surface area contributed by atoms with E-state index in [0.29, 0.717) is 17.4 Å². The molecule has 2 N–H and O–H groups in total. The molecule has 0 radical (unpaired) electrons. The van der Waals surface area contributed by atoms with E-state index in [1.54, 1.807) is 12.1 Å². The molecule has 0 atom stereocenters. The topological polar surface area (TPSA) is 103 Å². The van der Waals surface area contributed by atoms with Crippen LogP contribution in [0.5, 0.6) is 5.88 Å². The van der Waals surface area contributed by atoms with E-state index >= 15 is 0 Å². The van der Waals surface area contributed by atoms with Crippen LogP contribution in [0.2, 0.25) is 0 Å². The Labute approximate surface area is 91.1 Å². The van der Waals surface area contributed by atoms with Crippen LogP contribution in [0.3, 0.4) is 0 Å². The van der Waals surface area contributed by atoms with Crippen molar-refractivity contribution < 1.29 is 4.74 Å². The van der Waals surface area contributed by atoms with Gasteiger partial charge in [-0.15, -0.1) is 5.10 Å². The highest BCUT2D eigenvalue weighted by Gasteiger charge is 2.06. The first-order chi connectivity index (χ1) is 7.74. The van der Waals surface area contributed by atoms with Gasteiger partial charge in [-0.3, -0.25) is 0 Å². The van der Waals surface area contributed by atoms with Crippen molar-refractivity contribution in [2.75, 3.05) is 12.8 Å². The molecule has 0 fully saturated rings. The predicted octanol–water partition coefficient (Wildman–Crippen LogP) is 0.125. The van der Waals surface area contributed by atoms with E-state index in [9.17, 15) is 0 Å². The van der Waals surface area contributed by atoms with Crippen LogP contribution in [0, 0.1) is 11.3 Å². The molecule has 80 valence electrons. The number of pyridine rings is 1. The van der Waals surface area contributed by atoms with Gasteiger partial charge in [-0.1, -0.05) is 0 Å². The number of nitrogen functional groups attached to an aromatic ring is 1. The second kappa shape index (κ2) is 3.86. The van der Waals surface area contributed by atoms with Crippen LogP contribution in [0.15, 0.2) is 18.5 Å². The summed E-state index contributed by atoms with van der Waals surface area (Å²) in [6.07, 6.45) is 1.40. The molecule has 0 bridgehead atoms. The van der Waals surface area contributed by atoms with E-state index in [0.717, 1.165) is 0 Å². The number of nitriles is 1. The molecule has 7 nitrogen and oxygen atoms in total. The van der Waals surface area contributed by atoms with Gasteiger partial charge >= 0.3 is 0 Å². The van der Waals surface area contributed by atoms with Crippen molar-refractivity contribution in [2.24, 2.45) is 0 Å². The summed E-state index contributed by atoms with van der Waals surface area (Å²) in [6.45, 7) is 0. The summed E-state index contributed by atoms with van der Waals surface area (Å²) < 4.78 is 6.35. The summed E-state index contributed by atoms with van der Waals surface area (Å²) in [5, 5.41) is 12.5. The lowest BCUT2D eigenvalue weighted by Crippen LogP contribution is -2.02. The number of ether oxygens (including phenoxy) is 1. The van der Waals surface area contributed by atoms with Gasteiger partial charge in [0.2, 0.25) is 5.88 Å². The molecular weight excluding hydrogens is 208 g/mol. The first-order valence-electron chi connectivity index (χ1n) is 4.37. The highest BCUT2D eigenvalue weighted by atomic mass is 16.5. The Balaban J connectivity index is 2.45. The summed E-state index contributed by atoms with van der Waals surface area (Å²) in [7, 11) is 1.48. The number of hydrogen-bond acceptors (Lipinski definition) is 6. The van der Waals surface area contributed by atoms with E-state index in [2.05, 4.69) is 15.1 Å². The number of nitrogens with two attached hydrogens (primary N) is 1. The Bertz CT molecular complexity index is 555. The number of rotatable bonds is 2. The van der Waals surface area contributed by atoms with Gasteiger partial charge in [0, 0.05) is 0 Å². The molecule has 0 aliphatic heterocycles. The third kappa shape index (κ3) is 1.64. The van der Waals surface area contributed by atoms with Crippen molar-refractivity contribution in [1.82, 2.24) is 19.7 Å². The lowest BCUT2D eigenvalue weighted by atomic mass is 10.4. The molecule has 0 aromatic carbocycles. The number of aromatic nitrogens is 4. The van der Waals surface area contributed by atoms with Gasteiger partial charge in [0.15, 0.2) is 5.82 Å². The largest absolute Gasteiger partial charge is 0.479 e. The number of anilines is 1. The van der Waals surface area contributed by atoms with Crippen LogP contribution >= 0.6 is 0 Å². The quantitative estimate of drug-likeness (QED) is 0.765. The minimum absolute atomic E-state index is 0.0811. The highest BCUT2D eigenvalue weighted by Crippen LogP contribution is 2.19. The molecule has 16 heavy (non-hydrogen) atoms. The number of nitrogens with zero attached hydrogens (tertiary/aromatic N) is 5. The second-order valence-corrected chi connectivity index (χ2v) is 2.89. The second-order valence-electron chi connectivity index (χ2n) is 2.89. The Morgan fingerprint density at radius 3 is 2.94 bits per heavy atom. The van der Waals surface area contributed by atoms with Gasteiger partial charge in [0.1, 0.15) is 12.4 Å². The Morgan fingerprint density at radius 1 is 1.50 bits per heavy atom. The third-order valence-corrected chi connectivity index (χ3v) is 1.89. The van der Waals surface area contributed by atoms with Crippen molar-refractivity contribution in [3.8, 4) is 17.8 Å². The molecule has 2 aromatic rings. The zero-order valence-corrected chi connectivity index (χ0v) is 8.45. The average Bonchev–Trinajstić information content (AvgIpc) is 2.78. The maximum absolute atomic E-state index is 8.59. The summed E-state index contributed by atoms with van der Waals surface area (Å²) >= 11 is 0. The first-order valence-corrected chi connectivity index (χ1v) is 4.37. The molecular formula is C9H8N6O. The summed E-state index contributed by atoms with van der Waals surface area (Å²) in [6, 6.07) is 5.14. The van der Waals surface area contributed by atoms with Gasteiger partial charge in [-0.2, -0.15) is 10.2 Å². The fourth-order valence-electron chi connectivity index (χ4n) is 1.16. The van der Waals surface area contributed by atoms with Crippen molar-refractivity contribution in [3.63, 3.8) is 0 Å². The van der Waals surface area contributed by atoms with Crippen molar-refractivity contribution in [3.05, 3.63) is 24.3 Å². The minimum atomic E-state index is 0.0811. The zero-order valence-electron chi connectivity index (χ0n) is 8.45. The molecule has 7 heteroatoms. The standard InChI is InChI=1S/C9H8N6O/c1-16-9-6(11)2-3-8(13-9)15-5-12-7(4-10)14-15/h2-3,5H,11H2,1H3. The fraction of sp³-hybridized carbons (Fsp3) is 0.111. The van der Waals surface area contributed by atoms with Gasteiger partial charge in [-0.25, -0.2) is 9.67 Å². The van der Waals surface area contributed by atoms with Crippen molar-refractivity contribution >= 4 is 5.69 Å². The molecule has 0 saturated carbocycles. The summed E-state index contributed by atoms with van der Waals surface area (Å²) in [4.78, 5) is 7.88. The van der Waals surface area contributed by atoms with E-state index in [4.69, 9.17) is 15.7 Å². The van der Waals surface area contributed by atoms with E-state index < -0.39 is 0 Å². The Kier molecular flexibility index (Phi) is 2.39. The molecule has 2 rings (SSSR count). The molecule has 0 unspecified atom stereocenters. The normalized spacial score (nSPS) is 9.75. The zero-order chi connectivity index (χ0) is 11.5. The van der Waals surface area contributed by atoms with Gasteiger partial charge in [0.05, 0.1) is 12.8 Å². The van der Waals surface area contributed by atoms with Gasteiger partial charge in [0.25, 0.3) is 5.82 Å². The number of methoxy groups -OCH3 is 1. The number of hydrogen-bond donors (Lipinski definition) is 1. The average molecular weight is 216 g/mol. The Morgan fingerprint density at radius 2 is 2.31 bits per heavy atom. The van der Waals surface area contributed by atoms with E-state index in [-0.39, 0.29) is 5.82 Å². The molecule has 2 aromatic heterocycles. The van der Waals surface area contributed by atoms with Crippen molar-refractivity contribution in [1.29, 1.82) is 5.26 Å². The molecule has 0 amide bonds. The van der Waals surface area contributed by atoms with Crippen LogP contribution in [-0.4, -0.2) is 26.9 Å². The smallest absolute Gasteiger partial charge is 0.252 e. The van der Waals surface area contributed by atoms with Crippen LogP contribution < -0.4 is 10.5 Å². The minimum Gasteiger partial charge on any atom is -0.479 e. The maximum atomic E-state index is 8.59. The maximum Gasteiger partial charge on any atom is 0.252 e. The lowest BCUT2D eigenvalue weighted by molar-refractivity contribution is 0.399. The lowest BCUT2D eigenvalue weighted by Gasteiger charge is -2.05. The Hall–Kier alpha value is -2.62. The highest BCUT2D eigenvalue weighted by molar-refractivity contribution is 5.50.